The van der Waals surface area contributed by atoms with Crippen LogP contribution >= 0.6 is 0 Å². The summed E-state index contributed by atoms with van der Waals surface area (Å²) in [7, 11) is 0. The van der Waals surface area contributed by atoms with Crippen LogP contribution in [0.4, 0.5) is 0 Å². The highest BCUT2D eigenvalue weighted by Gasteiger charge is 2.18. The molecule has 0 fully saturated rings. The Morgan fingerprint density at radius 2 is 2.11 bits per heavy atom. The Kier molecular flexibility index (Phi) is 9.30. The number of nitrogens with one attached hydrogen (secondary N) is 1. The molecule has 0 radical (unpaired) electrons. The lowest BCUT2D eigenvalue weighted by molar-refractivity contribution is -0.144. The second-order valence-electron chi connectivity index (χ2n) is 4.06. The fraction of sp³-hybridized carbons (Fsp3) is 0.750. The Balaban J connectivity index is 3.91. The van der Waals surface area contributed by atoms with Gasteiger partial charge in [0.1, 0.15) is 0 Å². The molecule has 2 unspecified atom stereocenters. The van der Waals surface area contributed by atoms with Crippen LogP contribution in [0.5, 0.6) is 0 Å². The van der Waals surface area contributed by atoms with Gasteiger partial charge in [-0.15, -0.1) is 0 Å². The largest absolute Gasteiger partial charge is 0.464 e. The second kappa shape index (κ2) is 10.2. The smallest absolute Gasteiger partial charge is 0.331 e. The molecule has 0 aliphatic rings. The van der Waals surface area contributed by atoms with Gasteiger partial charge in [-0.3, -0.25) is 4.79 Å². The van der Waals surface area contributed by atoms with Crippen molar-refractivity contribution in [3.05, 3.63) is 0 Å². The van der Waals surface area contributed by atoms with E-state index in [9.17, 15) is 14.4 Å². The second-order valence-corrected chi connectivity index (χ2v) is 4.06. The van der Waals surface area contributed by atoms with E-state index >= 15 is 0 Å². The molecule has 1 amide bonds. The molecule has 0 aliphatic heterocycles. The third kappa shape index (κ3) is 8.07. The van der Waals surface area contributed by atoms with Gasteiger partial charge in [0.25, 0.3) is 0 Å². The van der Waals surface area contributed by atoms with Gasteiger partial charge < -0.3 is 15.8 Å². The van der Waals surface area contributed by atoms with Gasteiger partial charge in [-0.25, -0.2) is 9.59 Å². The van der Waals surface area contributed by atoms with E-state index in [1.165, 1.54) is 6.08 Å². The number of rotatable bonds is 9. The molecule has 19 heavy (non-hydrogen) atoms. The molecule has 0 rings (SSSR count). The minimum Gasteiger partial charge on any atom is -0.464 e. The number of amides is 1. The van der Waals surface area contributed by atoms with Crippen LogP contribution in [0.15, 0.2) is 4.99 Å². The van der Waals surface area contributed by atoms with Crippen molar-refractivity contribution in [1.29, 1.82) is 0 Å². The lowest BCUT2D eigenvalue weighted by atomic mass is 10.1. The Morgan fingerprint density at radius 1 is 1.42 bits per heavy atom. The van der Waals surface area contributed by atoms with Crippen LogP contribution in [0.3, 0.4) is 0 Å². The summed E-state index contributed by atoms with van der Waals surface area (Å²) in [6.07, 6.45) is 3.06. The zero-order valence-corrected chi connectivity index (χ0v) is 11.3. The van der Waals surface area contributed by atoms with E-state index < -0.39 is 18.1 Å². The first-order valence-corrected chi connectivity index (χ1v) is 6.29. The number of unbranched alkanes of at least 4 members (excludes halogenated alkanes) is 1. The van der Waals surface area contributed by atoms with E-state index in [1.807, 2.05) is 0 Å². The molecule has 7 heteroatoms. The van der Waals surface area contributed by atoms with E-state index in [0.717, 1.165) is 0 Å². The summed E-state index contributed by atoms with van der Waals surface area (Å²) in [5.41, 5.74) is 5.38. The SMILES string of the molecule is CCOC(=O)C(CCCCNC(=O)C(C)N)N=C=O. The summed E-state index contributed by atoms with van der Waals surface area (Å²) in [6, 6.07) is -1.34. The average Bonchev–Trinajstić information content (AvgIpc) is 2.36. The van der Waals surface area contributed by atoms with Crippen molar-refractivity contribution in [2.75, 3.05) is 13.2 Å². The summed E-state index contributed by atoms with van der Waals surface area (Å²) >= 11 is 0. The predicted molar refractivity (Wildman–Crippen MR) is 69.1 cm³/mol. The van der Waals surface area contributed by atoms with E-state index in [0.29, 0.717) is 25.8 Å². The van der Waals surface area contributed by atoms with Crippen LogP contribution in [0.1, 0.15) is 33.1 Å². The van der Waals surface area contributed by atoms with Crippen molar-refractivity contribution in [1.82, 2.24) is 5.32 Å². The lowest BCUT2D eigenvalue weighted by Gasteiger charge is -2.10. The summed E-state index contributed by atoms with van der Waals surface area (Å²) in [5, 5.41) is 2.65. The number of aliphatic imine (C=N–C) groups is 1. The van der Waals surface area contributed by atoms with Gasteiger partial charge in [-0.05, 0) is 33.1 Å². The fourth-order valence-corrected chi connectivity index (χ4v) is 1.37. The summed E-state index contributed by atoms with van der Waals surface area (Å²) in [6.45, 7) is 4.00. The first kappa shape index (κ1) is 17.3. The molecule has 0 aromatic carbocycles. The zero-order chi connectivity index (χ0) is 14.7. The number of hydrogen-bond acceptors (Lipinski definition) is 6. The van der Waals surface area contributed by atoms with Crippen LogP contribution in [-0.2, 0) is 19.1 Å². The fourth-order valence-electron chi connectivity index (χ4n) is 1.37. The number of carbonyl (C=O) groups is 2. The summed E-state index contributed by atoms with van der Waals surface area (Å²) in [4.78, 5) is 36.2. The highest BCUT2D eigenvalue weighted by Crippen LogP contribution is 2.06. The lowest BCUT2D eigenvalue weighted by Crippen LogP contribution is -2.38. The molecule has 3 N–H and O–H groups in total. The maximum absolute atomic E-state index is 11.4. The van der Waals surface area contributed by atoms with Crippen molar-refractivity contribution in [2.24, 2.45) is 10.7 Å². The Bertz CT molecular complexity index is 338. The molecule has 0 saturated carbocycles. The van der Waals surface area contributed by atoms with Gasteiger partial charge in [0, 0.05) is 6.54 Å². The zero-order valence-electron chi connectivity index (χ0n) is 11.3. The van der Waals surface area contributed by atoms with Crippen LogP contribution in [0.2, 0.25) is 0 Å². The van der Waals surface area contributed by atoms with Crippen molar-refractivity contribution in [3.8, 4) is 0 Å². The average molecular weight is 271 g/mol. The Labute approximate surface area is 112 Å². The Hall–Kier alpha value is -1.72. The van der Waals surface area contributed by atoms with E-state index in [2.05, 4.69) is 10.3 Å². The maximum Gasteiger partial charge on any atom is 0.331 e. The molecule has 0 heterocycles. The van der Waals surface area contributed by atoms with Crippen molar-refractivity contribution >= 4 is 18.0 Å². The van der Waals surface area contributed by atoms with Gasteiger partial charge in [0.2, 0.25) is 12.0 Å². The molecule has 0 aromatic rings. The first-order valence-electron chi connectivity index (χ1n) is 6.29. The molecular weight excluding hydrogens is 250 g/mol. The van der Waals surface area contributed by atoms with Crippen molar-refractivity contribution in [2.45, 2.75) is 45.2 Å². The monoisotopic (exact) mass is 271 g/mol. The molecule has 0 saturated heterocycles. The Morgan fingerprint density at radius 3 is 2.63 bits per heavy atom. The van der Waals surface area contributed by atoms with E-state index in [-0.39, 0.29) is 12.5 Å². The number of ether oxygens (including phenoxy) is 1. The molecule has 0 spiro atoms. The van der Waals surface area contributed by atoms with Gasteiger partial charge in [0.05, 0.1) is 12.6 Å². The third-order valence-corrected chi connectivity index (χ3v) is 2.38. The predicted octanol–water partition coefficient (Wildman–Crippen LogP) is -0.112. The number of nitrogens with two attached hydrogens (primary N) is 1. The third-order valence-electron chi connectivity index (χ3n) is 2.38. The number of isocyanates is 1. The highest BCUT2D eigenvalue weighted by atomic mass is 16.5. The van der Waals surface area contributed by atoms with Crippen LogP contribution in [-0.4, -0.2) is 43.2 Å². The quantitative estimate of drug-likeness (QED) is 0.263. The normalized spacial score (nSPS) is 13.0. The first-order chi connectivity index (χ1) is 9.02. The van der Waals surface area contributed by atoms with Crippen molar-refractivity contribution in [3.63, 3.8) is 0 Å². The van der Waals surface area contributed by atoms with Gasteiger partial charge >= 0.3 is 5.97 Å². The minimum absolute atomic E-state index is 0.215. The van der Waals surface area contributed by atoms with Crippen molar-refractivity contribution < 1.29 is 19.1 Å². The maximum atomic E-state index is 11.4. The van der Waals surface area contributed by atoms with Gasteiger partial charge in [-0.2, -0.15) is 4.99 Å². The van der Waals surface area contributed by atoms with Crippen LogP contribution < -0.4 is 11.1 Å². The van der Waals surface area contributed by atoms with Gasteiger partial charge in [-0.1, -0.05) is 0 Å². The van der Waals surface area contributed by atoms with Crippen LogP contribution in [0.25, 0.3) is 0 Å². The van der Waals surface area contributed by atoms with E-state index in [1.54, 1.807) is 13.8 Å². The summed E-state index contributed by atoms with van der Waals surface area (Å²) < 4.78 is 4.79. The summed E-state index contributed by atoms with van der Waals surface area (Å²) in [5.74, 6) is -0.738. The van der Waals surface area contributed by atoms with Crippen LogP contribution in [0, 0.1) is 0 Å². The molecule has 0 bridgehead atoms. The number of carbonyl (C=O) groups excluding carboxylic acids is 3. The molecule has 108 valence electrons. The highest BCUT2D eigenvalue weighted by molar-refractivity contribution is 5.80. The van der Waals surface area contributed by atoms with Gasteiger partial charge in [0.15, 0.2) is 6.04 Å². The number of esters is 1. The number of hydrogen-bond donors (Lipinski definition) is 2. The molecular formula is C12H21N3O4. The molecule has 0 aromatic heterocycles. The molecule has 7 nitrogen and oxygen atoms in total. The minimum atomic E-state index is -0.804. The molecule has 2 atom stereocenters. The standard InChI is InChI=1S/C12H21N3O4/c1-3-19-12(18)10(15-8-16)6-4-5-7-14-11(17)9(2)13/h9-10H,3-7,13H2,1-2H3,(H,14,17). The topological polar surface area (TPSA) is 111 Å². The molecule has 0 aliphatic carbocycles. The number of nitrogens with zero attached hydrogens (tertiary/aromatic N) is 1. The van der Waals surface area contributed by atoms with E-state index in [4.69, 9.17) is 10.5 Å².